The second-order valence-corrected chi connectivity index (χ2v) is 4.36. The van der Waals surface area contributed by atoms with Gasteiger partial charge in [0.15, 0.2) is 5.82 Å². The molecule has 0 fully saturated rings. The molecule has 0 aliphatic heterocycles. The van der Waals surface area contributed by atoms with Crippen LogP contribution in [0, 0.1) is 0 Å². The van der Waals surface area contributed by atoms with E-state index in [-0.39, 0.29) is 10.6 Å². The lowest BCUT2D eigenvalue weighted by molar-refractivity contribution is 0.999. The molecule has 2 heterocycles. The van der Waals surface area contributed by atoms with Gasteiger partial charge in [-0.1, -0.05) is 11.6 Å². The number of halogens is 1. The predicted octanol–water partition coefficient (Wildman–Crippen LogP) is 2.14. The Balaban J connectivity index is 1.95. The summed E-state index contributed by atoms with van der Waals surface area (Å²) in [5.41, 5.74) is 0.938. The predicted molar refractivity (Wildman–Crippen MR) is 66.4 cm³/mol. The van der Waals surface area contributed by atoms with Gasteiger partial charge in [-0.15, -0.1) is 0 Å². The SMILES string of the molecule is O=c1[nH]cnc(NCCc2ccsc2)c1Cl. The lowest BCUT2D eigenvalue weighted by Crippen LogP contribution is -2.13. The van der Waals surface area contributed by atoms with E-state index in [1.165, 1.54) is 11.9 Å². The van der Waals surface area contributed by atoms with Gasteiger partial charge in [0.05, 0.1) is 6.33 Å². The van der Waals surface area contributed by atoms with Crippen molar-refractivity contribution < 1.29 is 0 Å². The van der Waals surface area contributed by atoms with Crippen molar-refractivity contribution in [3.8, 4) is 0 Å². The van der Waals surface area contributed by atoms with Crippen molar-refractivity contribution >= 4 is 28.8 Å². The molecule has 2 N–H and O–H groups in total. The third kappa shape index (κ3) is 2.62. The van der Waals surface area contributed by atoms with Crippen LogP contribution in [0.25, 0.3) is 0 Å². The topological polar surface area (TPSA) is 57.8 Å². The maximum atomic E-state index is 11.2. The van der Waals surface area contributed by atoms with Crippen molar-refractivity contribution in [2.24, 2.45) is 0 Å². The van der Waals surface area contributed by atoms with Crippen LogP contribution in [0.5, 0.6) is 0 Å². The molecule has 6 heteroatoms. The Bertz CT molecular complexity index is 509. The van der Waals surface area contributed by atoms with Crippen LogP contribution in [-0.4, -0.2) is 16.5 Å². The van der Waals surface area contributed by atoms with Crippen LogP contribution in [-0.2, 0) is 6.42 Å². The molecule has 0 unspecified atom stereocenters. The van der Waals surface area contributed by atoms with Crippen molar-refractivity contribution in [2.45, 2.75) is 6.42 Å². The molecule has 2 aromatic heterocycles. The average molecular weight is 256 g/mol. The molecule has 0 atom stereocenters. The number of nitrogens with one attached hydrogen (secondary N) is 2. The van der Waals surface area contributed by atoms with Crippen molar-refractivity contribution in [1.82, 2.24) is 9.97 Å². The standard InChI is InChI=1S/C10H10ClN3OS/c11-8-9(13-6-14-10(8)15)12-3-1-7-2-4-16-5-7/h2,4-6H,1,3H2,(H2,12,13,14,15). The summed E-state index contributed by atoms with van der Waals surface area (Å²) in [6.45, 7) is 0.701. The normalized spacial score (nSPS) is 10.3. The lowest BCUT2D eigenvalue weighted by Gasteiger charge is -2.05. The largest absolute Gasteiger partial charge is 0.368 e. The summed E-state index contributed by atoms with van der Waals surface area (Å²) < 4.78 is 0. The molecule has 0 radical (unpaired) electrons. The minimum absolute atomic E-state index is 0.104. The fraction of sp³-hybridized carbons (Fsp3) is 0.200. The highest BCUT2D eigenvalue weighted by Crippen LogP contribution is 2.12. The van der Waals surface area contributed by atoms with Crippen LogP contribution in [0.3, 0.4) is 0 Å². The van der Waals surface area contributed by atoms with Gasteiger partial charge in [0.2, 0.25) is 0 Å². The molecule has 4 nitrogen and oxygen atoms in total. The first-order valence-electron chi connectivity index (χ1n) is 4.75. The van der Waals surface area contributed by atoms with Gasteiger partial charge in [0, 0.05) is 6.54 Å². The third-order valence-electron chi connectivity index (χ3n) is 2.08. The summed E-state index contributed by atoms with van der Waals surface area (Å²) in [4.78, 5) is 17.5. The first-order chi connectivity index (χ1) is 7.77. The summed E-state index contributed by atoms with van der Waals surface area (Å²) in [7, 11) is 0. The van der Waals surface area contributed by atoms with Crippen LogP contribution in [0.2, 0.25) is 5.02 Å². The molecule has 0 spiro atoms. The highest BCUT2D eigenvalue weighted by Gasteiger charge is 2.04. The first kappa shape index (κ1) is 11.2. The van der Waals surface area contributed by atoms with E-state index >= 15 is 0 Å². The van der Waals surface area contributed by atoms with E-state index in [0.717, 1.165) is 6.42 Å². The van der Waals surface area contributed by atoms with Gasteiger partial charge in [-0.05, 0) is 28.8 Å². The van der Waals surface area contributed by atoms with Crippen molar-refractivity contribution in [2.75, 3.05) is 11.9 Å². The highest BCUT2D eigenvalue weighted by molar-refractivity contribution is 7.07. The van der Waals surface area contributed by atoms with Gasteiger partial charge < -0.3 is 10.3 Å². The van der Waals surface area contributed by atoms with Gasteiger partial charge >= 0.3 is 0 Å². The Labute approximate surface area is 101 Å². The Morgan fingerprint density at radius 1 is 1.56 bits per heavy atom. The number of hydrogen-bond acceptors (Lipinski definition) is 4. The fourth-order valence-electron chi connectivity index (χ4n) is 1.27. The number of hydrogen-bond donors (Lipinski definition) is 2. The van der Waals surface area contributed by atoms with Gasteiger partial charge in [-0.3, -0.25) is 4.79 Å². The number of aromatic nitrogens is 2. The van der Waals surface area contributed by atoms with E-state index in [2.05, 4.69) is 26.7 Å². The van der Waals surface area contributed by atoms with Gasteiger partial charge in [0.1, 0.15) is 5.02 Å². The summed E-state index contributed by atoms with van der Waals surface area (Å²) in [6.07, 6.45) is 2.22. The Hall–Kier alpha value is -1.33. The molecule has 84 valence electrons. The number of thiophene rings is 1. The van der Waals surface area contributed by atoms with Gasteiger partial charge in [0.25, 0.3) is 5.56 Å². The summed E-state index contributed by atoms with van der Waals surface area (Å²) in [5, 5.41) is 7.27. The molecule has 2 rings (SSSR count). The second kappa shape index (κ2) is 5.14. The average Bonchev–Trinajstić information content (AvgIpc) is 2.77. The van der Waals surface area contributed by atoms with Gasteiger partial charge in [-0.25, -0.2) is 4.98 Å². The van der Waals surface area contributed by atoms with Crippen LogP contribution < -0.4 is 10.9 Å². The molecule has 0 saturated carbocycles. The van der Waals surface area contributed by atoms with Crippen molar-refractivity contribution in [3.63, 3.8) is 0 Å². The number of nitrogens with zero attached hydrogens (tertiary/aromatic N) is 1. The molecular weight excluding hydrogens is 246 g/mol. The quantitative estimate of drug-likeness (QED) is 0.880. The van der Waals surface area contributed by atoms with Crippen LogP contribution in [0.15, 0.2) is 27.9 Å². The van der Waals surface area contributed by atoms with Crippen LogP contribution in [0.4, 0.5) is 5.82 Å². The van der Waals surface area contributed by atoms with E-state index in [9.17, 15) is 4.79 Å². The van der Waals surface area contributed by atoms with E-state index in [0.29, 0.717) is 12.4 Å². The lowest BCUT2D eigenvalue weighted by atomic mass is 10.2. The van der Waals surface area contributed by atoms with E-state index in [1.807, 2.05) is 5.38 Å². The highest BCUT2D eigenvalue weighted by atomic mass is 35.5. The molecule has 0 aromatic carbocycles. The Morgan fingerprint density at radius 2 is 2.44 bits per heavy atom. The van der Waals surface area contributed by atoms with Crippen molar-refractivity contribution in [1.29, 1.82) is 0 Å². The zero-order valence-electron chi connectivity index (χ0n) is 8.37. The fourth-order valence-corrected chi connectivity index (χ4v) is 2.14. The molecule has 0 bridgehead atoms. The second-order valence-electron chi connectivity index (χ2n) is 3.20. The number of anilines is 1. The number of aromatic amines is 1. The molecule has 16 heavy (non-hydrogen) atoms. The third-order valence-corrected chi connectivity index (χ3v) is 3.17. The van der Waals surface area contributed by atoms with Crippen LogP contribution >= 0.6 is 22.9 Å². The van der Waals surface area contributed by atoms with Gasteiger partial charge in [-0.2, -0.15) is 11.3 Å². The minimum Gasteiger partial charge on any atom is -0.368 e. The maximum Gasteiger partial charge on any atom is 0.271 e. The number of H-pyrrole nitrogens is 1. The molecule has 0 amide bonds. The van der Waals surface area contributed by atoms with E-state index < -0.39 is 0 Å². The minimum atomic E-state index is -0.324. The summed E-state index contributed by atoms with van der Waals surface area (Å²) >= 11 is 7.45. The zero-order valence-corrected chi connectivity index (χ0v) is 9.94. The maximum absolute atomic E-state index is 11.2. The monoisotopic (exact) mass is 255 g/mol. The molecule has 0 saturated heterocycles. The summed E-state index contributed by atoms with van der Waals surface area (Å²) in [6, 6.07) is 2.07. The number of rotatable bonds is 4. The Kier molecular flexibility index (Phi) is 3.58. The summed E-state index contributed by atoms with van der Waals surface area (Å²) in [5.74, 6) is 0.431. The molecule has 2 aromatic rings. The van der Waals surface area contributed by atoms with Crippen molar-refractivity contribution in [3.05, 3.63) is 44.1 Å². The molecule has 0 aliphatic carbocycles. The van der Waals surface area contributed by atoms with Crippen LogP contribution in [0.1, 0.15) is 5.56 Å². The van der Waals surface area contributed by atoms with E-state index in [1.54, 1.807) is 11.3 Å². The van der Waals surface area contributed by atoms with E-state index in [4.69, 9.17) is 11.6 Å². The Morgan fingerprint density at radius 3 is 3.19 bits per heavy atom. The zero-order chi connectivity index (χ0) is 11.4. The molecular formula is C10H10ClN3OS. The molecule has 0 aliphatic rings. The smallest absolute Gasteiger partial charge is 0.271 e. The first-order valence-corrected chi connectivity index (χ1v) is 6.07.